The predicted octanol–water partition coefficient (Wildman–Crippen LogP) is 0.453. The Balaban J connectivity index is 3.24. The Morgan fingerprint density at radius 3 is 2.43 bits per heavy atom. The maximum atomic E-state index is 12.4. The van der Waals surface area contributed by atoms with Gasteiger partial charge in [-0.2, -0.15) is 0 Å². The molecular weight excluding hydrogens is 278 g/mol. The van der Waals surface area contributed by atoms with E-state index in [1.54, 1.807) is 13.0 Å². The first-order valence-corrected chi connectivity index (χ1v) is 6.59. The van der Waals surface area contributed by atoms with Gasteiger partial charge in [0.05, 0.1) is 18.1 Å². The van der Waals surface area contributed by atoms with Crippen LogP contribution in [0, 0.1) is 10.1 Å². The van der Waals surface area contributed by atoms with Gasteiger partial charge < -0.3 is 20.4 Å². The van der Waals surface area contributed by atoms with Gasteiger partial charge in [-0.1, -0.05) is 6.07 Å². The minimum Gasteiger partial charge on any atom is -0.395 e. The lowest BCUT2D eigenvalue weighted by atomic mass is 10.1. The summed E-state index contributed by atoms with van der Waals surface area (Å²) in [6.07, 6.45) is 0. The molecule has 21 heavy (non-hydrogen) atoms. The Labute approximate surface area is 122 Å². The molecule has 0 saturated heterocycles. The summed E-state index contributed by atoms with van der Waals surface area (Å²) in [5, 5.41) is 32.0. The van der Waals surface area contributed by atoms with Crippen molar-refractivity contribution in [3.63, 3.8) is 0 Å². The van der Waals surface area contributed by atoms with Gasteiger partial charge in [-0.25, -0.2) is 0 Å². The number of amides is 1. The second kappa shape index (κ2) is 8.18. The van der Waals surface area contributed by atoms with Crippen molar-refractivity contribution in [3.8, 4) is 0 Å². The maximum absolute atomic E-state index is 12.4. The second-order valence-corrected chi connectivity index (χ2v) is 4.23. The fourth-order valence-corrected chi connectivity index (χ4v) is 1.97. The van der Waals surface area contributed by atoms with Crippen molar-refractivity contribution in [2.45, 2.75) is 6.92 Å². The average Bonchev–Trinajstić information content (AvgIpc) is 2.46. The largest absolute Gasteiger partial charge is 0.395 e. The highest BCUT2D eigenvalue weighted by atomic mass is 16.6. The summed E-state index contributed by atoms with van der Waals surface area (Å²) in [7, 11) is 0. The number of aliphatic hydroxyl groups excluding tert-OH is 2. The molecule has 0 bridgehead atoms. The standard InChI is InChI=1S/C13H19N3O5/c1-2-14-11-5-3-4-10(12(11)16(20)21)13(19)15(6-8-17)7-9-18/h3-5,14,17-18H,2,6-9H2,1H3. The number of hydrogen-bond donors (Lipinski definition) is 3. The van der Waals surface area contributed by atoms with Gasteiger partial charge in [-0.05, 0) is 19.1 Å². The van der Waals surface area contributed by atoms with Crippen molar-refractivity contribution in [2.75, 3.05) is 38.2 Å². The van der Waals surface area contributed by atoms with E-state index in [-0.39, 0.29) is 43.2 Å². The molecular formula is C13H19N3O5. The van der Waals surface area contributed by atoms with Gasteiger partial charge in [0.25, 0.3) is 5.91 Å². The highest BCUT2D eigenvalue weighted by Crippen LogP contribution is 2.29. The number of nitro benzene ring substituents is 1. The predicted molar refractivity (Wildman–Crippen MR) is 77.3 cm³/mol. The van der Waals surface area contributed by atoms with Crippen LogP contribution in [0.25, 0.3) is 0 Å². The van der Waals surface area contributed by atoms with Gasteiger partial charge in [0, 0.05) is 19.6 Å². The van der Waals surface area contributed by atoms with Gasteiger partial charge >= 0.3 is 5.69 Å². The summed E-state index contributed by atoms with van der Waals surface area (Å²) in [5.41, 5.74) is -0.105. The van der Waals surface area contributed by atoms with Crippen LogP contribution in [0.15, 0.2) is 18.2 Å². The molecule has 0 saturated carbocycles. The topological polar surface area (TPSA) is 116 Å². The third kappa shape index (κ3) is 4.14. The molecule has 1 aromatic carbocycles. The molecule has 0 atom stereocenters. The van der Waals surface area contributed by atoms with Crippen molar-refractivity contribution in [1.29, 1.82) is 0 Å². The van der Waals surface area contributed by atoms with Crippen molar-refractivity contribution in [2.24, 2.45) is 0 Å². The molecule has 1 rings (SSSR count). The van der Waals surface area contributed by atoms with E-state index < -0.39 is 10.8 Å². The molecule has 3 N–H and O–H groups in total. The number of nitro groups is 1. The molecule has 0 unspecified atom stereocenters. The first kappa shape index (κ1) is 16.9. The van der Waals surface area contributed by atoms with Gasteiger partial charge in [-0.15, -0.1) is 0 Å². The number of rotatable bonds is 8. The first-order valence-electron chi connectivity index (χ1n) is 6.59. The molecule has 0 aliphatic rings. The molecule has 116 valence electrons. The number of nitrogens with one attached hydrogen (secondary N) is 1. The third-order valence-corrected chi connectivity index (χ3v) is 2.84. The molecule has 0 aliphatic heterocycles. The Morgan fingerprint density at radius 1 is 1.33 bits per heavy atom. The molecule has 0 heterocycles. The van der Waals surface area contributed by atoms with Crippen molar-refractivity contribution < 1.29 is 19.9 Å². The van der Waals surface area contributed by atoms with Crippen LogP contribution in [0.4, 0.5) is 11.4 Å². The third-order valence-electron chi connectivity index (χ3n) is 2.84. The average molecular weight is 297 g/mol. The van der Waals surface area contributed by atoms with Crippen molar-refractivity contribution in [3.05, 3.63) is 33.9 Å². The Bertz CT molecular complexity index is 501. The number of nitrogens with zero attached hydrogens (tertiary/aromatic N) is 2. The lowest BCUT2D eigenvalue weighted by Crippen LogP contribution is -2.36. The first-order chi connectivity index (χ1) is 10.1. The summed E-state index contributed by atoms with van der Waals surface area (Å²) in [6.45, 7) is 1.71. The van der Waals surface area contributed by atoms with Gasteiger partial charge in [0.1, 0.15) is 11.3 Å². The van der Waals surface area contributed by atoms with Crippen molar-refractivity contribution >= 4 is 17.3 Å². The number of aliphatic hydroxyl groups is 2. The minimum atomic E-state index is -0.610. The van der Waals surface area contributed by atoms with Crippen LogP contribution in [0.5, 0.6) is 0 Å². The van der Waals surface area contributed by atoms with Crippen LogP contribution in [-0.4, -0.2) is 58.8 Å². The normalized spacial score (nSPS) is 10.2. The summed E-state index contributed by atoms with van der Waals surface area (Å²) < 4.78 is 0. The summed E-state index contributed by atoms with van der Waals surface area (Å²) in [5.74, 6) is -0.593. The lowest BCUT2D eigenvalue weighted by Gasteiger charge is -2.21. The second-order valence-electron chi connectivity index (χ2n) is 4.23. The number of carbonyl (C=O) groups excluding carboxylic acids is 1. The molecule has 0 fully saturated rings. The number of hydrogen-bond acceptors (Lipinski definition) is 6. The summed E-state index contributed by atoms with van der Waals surface area (Å²) >= 11 is 0. The Morgan fingerprint density at radius 2 is 1.95 bits per heavy atom. The van der Waals surface area contributed by atoms with E-state index in [1.165, 1.54) is 17.0 Å². The summed E-state index contributed by atoms with van der Waals surface area (Å²) in [6, 6.07) is 4.44. The van der Waals surface area contributed by atoms with E-state index in [1.807, 2.05) is 0 Å². The molecule has 1 aromatic rings. The monoisotopic (exact) mass is 297 g/mol. The molecule has 0 spiro atoms. The Hall–Kier alpha value is -2.19. The van der Waals surface area contributed by atoms with Gasteiger partial charge in [-0.3, -0.25) is 14.9 Å². The smallest absolute Gasteiger partial charge is 0.305 e. The highest BCUT2D eigenvalue weighted by molar-refractivity contribution is 6.00. The van der Waals surface area contributed by atoms with Crippen molar-refractivity contribution in [1.82, 2.24) is 4.90 Å². The number of para-hydroxylation sites is 1. The zero-order chi connectivity index (χ0) is 15.8. The quantitative estimate of drug-likeness (QED) is 0.474. The van der Waals surface area contributed by atoms with E-state index in [9.17, 15) is 14.9 Å². The fourth-order valence-electron chi connectivity index (χ4n) is 1.97. The number of anilines is 1. The van der Waals surface area contributed by atoms with Gasteiger partial charge in [0.15, 0.2) is 0 Å². The van der Waals surface area contributed by atoms with E-state index in [0.717, 1.165) is 0 Å². The van der Waals surface area contributed by atoms with E-state index >= 15 is 0 Å². The van der Waals surface area contributed by atoms with Gasteiger partial charge in [0.2, 0.25) is 0 Å². The SMILES string of the molecule is CCNc1cccc(C(=O)N(CCO)CCO)c1[N+](=O)[O-]. The Kier molecular flexibility index (Phi) is 6.57. The van der Waals surface area contributed by atoms with Crippen LogP contribution >= 0.6 is 0 Å². The molecule has 0 aromatic heterocycles. The van der Waals surface area contributed by atoms with Crippen LogP contribution in [0.1, 0.15) is 17.3 Å². The molecule has 8 nitrogen and oxygen atoms in total. The van der Waals surface area contributed by atoms with E-state index in [0.29, 0.717) is 6.54 Å². The lowest BCUT2D eigenvalue weighted by molar-refractivity contribution is -0.384. The van der Waals surface area contributed by atoms with Crippen LogP contribution in [-0.2, 0) is 0 Å². The maximum Gasteiger partial charge on any atom is 0.305 e. The zero-order valence-electron chi connectivity index (χ0n) is 11.8. The highest BCUT2D eigenvalue weighted by Gasteiger charge is 2.27. The fraction of sp³-hybridized carbons (Fsp3) is 0.462. The number of carbonyl (C=O) groups is 1. The summed E-state index contributed by atoms with van der Waals surface area (Å²) in [4.78, 5) is 24.2. The van der Waals surface area contributed by atoms with Crippen LogP contribution in [0.3, 0.4) is 0 Å². The van der Waals surface area contributed by atoms with E-state index in [4.69, 9.17) is 10.2 Å². The molecule has 0 radical (unpaired) electrons. The number of benzene rings is 1. The molecule has 8 heteroatoms. The van der Waals surface area contributed by atoms with Crippen LogP contribution in [0.2, 0.25) is 0 Å². The zero-order valence-corrected chi connectivity index (χ0v) is 11.8. The minimum absolute atomic E-state index is 0.00197. The molecule has 1 amide bonds. The van der Waals surface area contributed by atoms with E-state index in [2.05, 4.69) is 5.32 Å². The molecule has 0 aliphatic carbocycles. The van der Waals surface area contributed by atoms with Crippen LogP contribution < -0.4 is 5.32 Å².